The summed E-state index contributed by atoms with van der Waals surface area (Å²) in [6.07, 6.45) is -0.313. The summed E-state index contributed by atoms with van der Waals surface area (Å²) >= 11 is 0. The zero-order chi connectivity index (χ0) is 22.2. The first kappa shape index (κ1) is 21.4. The third kappa shape index (κ3) is 4.46. The van der Waals surface area contributed by atoms with E-state index in [0.29, 0.717) is 24.3 Å². The maximum atomic E-state index is 13.0. The van der Waals surface area contributed by atoms with Crippen molar-refractivity contribution < 1.29 is 17.9 Å². The lowest BCUT2D eigenvalue weighted by atomic mass is 10.1. The number of para-hydroxylation sites is 1. The van der Waals surface area contributed by atoms with E-state index in [1.165, 1.54) is 16.4 Å². The Bertz CT molecular complexity index is 1220. The molecule has 0 bridgehead atoms. The monoisotopic (exact) mass is 439 g/mol. The standard InChI is InChI=1S/C23H25N3O4S/c1-15-12-21(20-6-4-5-7-22(20)24-15)23(27)25-18-8-10-19(11-9-18)31(28,29)26-13-16(2)30-17(3)14-26/h4-12,16-17H,13-14H2,1-3H3,(H,25,27)/t16-,17-/m1/s1. The van der Waals surface area contributed by atoms with Gasteiger partial charge in [-0.25, -0.2) is 8.42 Å². The largest absolute Gasteiger partial charge is 0.373 e. The molecule has 31 heavy (non-hydrogen) atoms. The van der Waals surface area contributed by atoms with Gasteiger partial charge in [-0.05, 0) is 57.2 Å². The van der Waals surface area contributed by atoms with Crippen molar-refractivity contribution in [2.24, 2.45) is 0 Å². The van der Waals surface area contributed by atoms with Crippen LogP contribution in [-0.4, -0.2) is 48.9 Å². The number of hydrogen-bond donors (Lipinski definition) is 1. The zero-order valence-electron chi connectivity index (χ0n) is 17.7. The Balaban J connectivity index is 1.55. The Labute approximate surface area is 182 Å². The summed E-state index contributed by atoms with van der Waals surface area (Å²) in [5.74, 6) is -0.270. The van der Waals surface area contributed by atoms with Gasteiger partial charge < -0.3 is 10.1 Å². The molecule has 2 aromatic carbocycles. The molecule has 1 N–H and O–H groups in total. The minimum absolute atomic E-state index is 0.157. The van der Waals surface area contributed by atoms with Crippen molar-refractivity contribution >= 4 is 32.5 Å². The van der Waals surface area contributed by atoms with E-state index in [0.717, 1.165) is 16.6 Å². The van der Waals surface area contributed by atoms with Gasteiger partial charge in [0.15, 0.2) is 0 Å². The van der Waals surface area contributed by atoms with Crippen LogP contribution in [0.15, 0.2) is 59.5 Å². The molecular formula is C23H25N3O4S. The number of ether oxygens (including phenoxy) is 1. The summed E-state index contributed by atoms with van der Waals surface area (Å²) in [4.78, 5) is 17.6. The average molecular weight is 440 g/mol. The van der Waals surface area contributed by atoms with Crippen LogP contribution in [0.5, 0.6) is 0 Å². The number of rotatable bonds is 4. The van der Waals surface area contributed by atoms with E-state index in [2.05, 4.69) is 10.3 Å². The molecule has 2 heterocycles. The Kier molecular flexibility index (Phi) is 5.79. The molecule has 1 aromatic heterocycles. The van der Waals surface area contributed by atoms with Crippen LogP contribution in [-0.2, 0) is 14.8 Å². The number of fused-ring (bicyclic) bond motifs is 1. The van der Waals surface area contributed by atoms with Crippen molar-refractivity contribution in [3.63, 3.8) is 0 Å². The minimum atomic E-state index is -3.63. The number of amides is 1. The number of anilines is 1. The van der Waals surface area contributed by atoms with Gasteiger partial charge in [-0.2, -0.15) is 4.31 Å². The smallest absolute Gasteiger partial charge is 0.256 e. The van der Waals surface area contributed by atoms with Gasteiger partial charge in [-0.3, -0.25) is 9.78 Å². The summed E-state index contributed by atoms with van der Waals surface area (Å²) in [6.45, 7) is 6.21. The molecule has 0 aliphatic carbocycles. The summed E-state index contributed by atoms with van der Waals surface area (Å²) in [6, 6.07) is 15.5. The second kappa shape index (κ2) is 8.37. The number of carbonyl (C=O) groups excluding carboxylic acids is 1. The van der Waals surface area contributed by atoms with Gasteiger partial charge in [0.2, 0.25) is 10.0 Å². The number of hydrogen-bond acceptors (Lipinski definition) is 5. The van der Waals surface area contributed by atoms with Crippen molar-refractivity contribution in [3.8, 4) is 0 Å². The Morgan fingerprint density at radius 1 is 1.06 bits per heavy atom. The molecule has 7 nitrogen and oxygen atoms in total. The Morgan fingerprint density at radius 3 is 2.39 bits per heavy atom. The fraction of sp³-hybridized carbons (Fsp3) is 0.304. The second-order valence-electron chi connectivity index (χ2n) is 7.89. The summed E-state index contributed by atoms with van der Waals surface area (Å²) in [5.41, 5.74) is 2.55. The first-order valence-corrected chi connectivity index (χ1v) is 11.6. The molecule has 1 amide bonds. The average Bonchev–Trinajstić information content (AvgIpc) is 2.72. The topological polar surface area (TPSA) is 88.6 Å². The fourth-order valence-corrected chi connectivity index (χ4v) is 5.47. The van der Waals surface area contributed by atoms with Crippen molar-refractivity contribution in [1.82, 2.24) is 9.29 Å². The van der Waals surface area contributed by atoms with Gasteiger partial charge >= 0.3 is 0 Å². The number of aromatic nitrogens is 1. The third-order valence-corrected chi connectivity index (χ3v) is 7.07. The van der Waals surface area contributed by atoms with Gasteiger partial charge in [0, 0.05) is 29.9 Å². The van der Waals surface area contributed by atoms with E-state index < -0.39 is 10.0 Å². The van der Waals surface area contributed by atoms with Crippen LogP contribution >= 0.6 is 0 Å². The minimum Gasteiger partial charge on any atom is -0.373 e. The van der Waals surface area contributed by atoms with Crippen LogP contribution in [0.25, 0.3) is 10.9 Å². The van der Waals surface area contributed by atoms with Crippen LogP contribution in [0, 0.1) is 6.92 Å². The number of aryl methyl sites for hydroxylation is 1. The zero-order valence-corrected chi connectivity index (χ0v) is 18.5. The summed E-state index contributed by atoms with van der Waals surface area (Å²) in [7, 11) is -3.63. The van der Waals surface area contributed by atoms with Gasteiger partial charge in [0.1, 0.15) is 0 Å². The number of sulfonamides is 1. The predicted octanol–water partition coefficient (Wildman–Crippen LogP) is 3.59. The molecule has 162 valence electrons. The van der Waals surface area contributed by atoms with E-state index in [4.69, 9.17) is 4.74 Å². The number of nitrogens with one attached hydrogen (secondary N) is 1. The van der Waals surface area contributed by atoms with Gasteiger partial charge in [0.25, 0.3) is 5.91 Å². The maximum absolute atomic E-state index is 13.0. The SMILES string of the molecule is Cc1cc(C(=O)Nc2ccc(S(=O)(=O)N3C[C@@H](C)O[C@H](C)C3)cc2)c2ccccc2n1. The van der Waals surface area contributed by atoms with E-state index in [1.807, 2.05) is 45.0 Å². The molecule has 8 heteroatoms. The highest BCUT2D eigenvalue weighted by Gasteiger charge is 2.32. The molecule has 0 spiro atoms. The lowest BCUT2D eigenvalue weighted by Gasteiger charge is -2.34. The molecule has 0 radical (unpaired) electrons. The molecule has 1 aliphatic rings. The number of nitrogens with zero attached hydrogens (tertiary/aromatic N) is 2. The van der Waals surface area contributed by atoms with Crippen molar-refractivity contribution in [2.75, 3.05) is 18.4 Å². The van der Waals surface area contributed by atoms with Gasteiger partial charge in [-0.1, -0.05) is 18.2 Å². The molecule has 0 saturated carbocycles. The first-order chi connectivity index (χ1) is 14.7. The summed E-state index contributed by atoms with van der Waals surface area (Å²) < 4.78 is 33.1. The molecule has 0 unspecified atom stereocenters. The number of pyridine rings is 1. The number of carbonyl (C=O) groups is 1. The molecule has 3 aromatic rings. The van der Waals surface area contributed by atoms with Crippen LogP contribution in [0.3, 0.4) is 0 Å². The highest BCUT2D eigenvalue weighted by molar-refractivity contribution is 7.89. The van der Waals surface area contributed by atoms with Crippen LogP contribution in [0.1, 0.15) is 29.9 Å². The van der Waals surface area contributed by atoms with Crippen molar-refractivity contribution in [2.45, 2.75) is 37.9 Å². The highest BCUT2D eigenvalue weighted by Crippen LogP contribution is 2.24. The molecule has 1 aliphatic heterocycles. The van der Waals surface area contributed by atoms with Crippen molar-refractivity contribution in [1.29, 1.82) is 0 Å². The van der Waals surface area contributed by atoms with Crippen molar-refractivity contribution in [3.05, 3.63) is 65.9 Å². The van der Waals surface area contributed by atoms with Crippen LogP contribution < -0.4 is 5.32 Å². The van der Waals surface area contributed by atoms with Gasteiger partial charge in [0.05, 0.1) is 28.2 Å². The van der Waals surface area contributed by atoms with Gasteiger partial charge in [-0.15, -0.1) is 0 Å². The molecular weight excluding hydrogens is 414 g/mol. The Hall–Kier alpha value is -2.81. The normalized spacial score (nSPS) is 20.0. The Morgan fingerprint density at radius 2 is 1.71 bits per heavy atom. The van der Waals surface area contributed by atoms with E-state index in [9.17, 15) is 13.2 Å². The molecule has 1 fully saturated rings. The molecule has 1 saturated heterocycles. The van der Waals surface area contributed by atoms with E-state index in [-0.39, 0.29) is 23.0 Å². The van der Waals surface area contributed by atoms with E-state index in [1.54, 1.807) is 18.2 Å². The predicted molar refractivity (Wildman–Crippen MR) is 120 cm³/mol. The fourth-order valence-electron chi connectivity index (χ4n) is 3.88. The lowest BCUT2D eigenvalue weighted by Crippen LogP contribution is -2.48. The van der Waals surface area contributed by atoms with E-state index >= 15 is 0 Å². The first-order valence-electron chi connectivity index (χ1n) is 10.2. The second-order valence-corrected chi connectivity index (χ2v) is 9.82. The van der Waals surface area contributed by atoms with Crippen LogP contribution in [0.2, 0.25) is 0 Å². The number of morpholine rings is 1. The lowest BCUT2D eigenvalue weighted by molar-refractivity contribution is -0.0440. The molecule has 4 rings (SSSR count). The number of benzene rings is 2. The molecule has 2 atom stereocenters. The highest BCUT2D eigenvalue weighted by atomic mass is 32.2. The van der Waals surface area contributed by atoms with Crippen LogP contribution in [0.4, 0.5) is 5.69 Å². The third-order valence-electron chi connectivity index (χ3n) is 5.22. The quantitative estimate of drug-likeness (QED) is 0.671. The summed E-state index contributed by atoms with van der Waals surface area (Å²) in [5, 5.41) is 3.62. The maximum Gasteiger partial charge on any atom is 0.256 e.